The molecule has 1 heterocycles. The molecular formula is C30H37N2O+. The minimum atomic E-state index is -0.798. The van der Waals surface area contributed by atoms with Gasteiger partial charge in [-0.05, 0) is 42.9 Å². The number of carbonyl (C=O) groups is 1. The smallest absolute Gasteiger partial charge is 0.233 e. The predicted molar refractivity (Wildman–Crippen MR) is 136 cm³/mol. The highest BCUT2D eigenvalue weighted by atomic mass is 16.1. The van der Waals surface area contributed by atoms with Crippen molar-refractivity contribution in [1.82, 2.24) is 0 Å². The number of hydrogen-bond donors (Lipinski definition) is 1. The molecule has 0 aromatic heterocycles. The Morgan fingerprint density at radius 3 is 2.27 bits per heavy atom. The molecule has 3 atom stereocenters. The van der Waals surface area contributed by atoms with Gasteiger partial charge in [0.2, 0.25) is 5.91 Å². The molecule has 3 aromatic rings. The van der Waals surface area contributed by atoms with Crippen LogP contribution in [0.25, 0.3) is 0 Å². The lowest BCUT2D eigenvalue weighted by atomic mass is 9.64. The maximum absolute atomic E-state index is 13.4. The van der Waals surface area contributed by atoms with Crippen molar-refractivity contribution < 1.29 is 9.28 Å². The first-order chi connectivity index (χ1) is 15.9. The molecule has 0 bridgehead atoms. The van der Waals surface area contributed by atoms with E-state index in [0.29, 0.717) is 0 Å². The van der Waals surface area contributed by atoms with Crippen LogP contribution < -0.4 is 5.73 Å². The zero-order valence-electron chi connectivity index (χ0n) is 20.0. The molecule has 1 fully saturated rings. The van der Waals surface area contributed by atoms with Gasteiger partial charge in [0, 0.05) is 12.3 Å². The van der Waals surface area contributed by atoms with Crippen molar-refractivity contribution in [3.05, 3.63) is 107 Å². The van der Waals surface area contributed by atoms with E-state index in [1.165, 1.54) is 18.4 Å². The summed E-state index contributed by atoms with van der Waals surface area (Å²) in [4.78, 5) is 13.4. The second-order valence-electron chi connectivity index (χ2n) is 10.1. The zero-order valence-corrected chi connectivity index (χ0v) is 20.0. The summed E-state index contributed by atoms with van der Waals surface area (Å²) in [7, 11) is 2.36. The molecule has 3 nitrogen and oxygen atoms in total. The van der Waals surface area contributed by atoms with E-state index in [0.717, 1.165) is 53.6 Å². The van der Waals surface area contributed by atoms with Gasteiger partial charge in [0.1, 0.15) is 5.41 Å². The second-order valence-corrected chi connectivity index (χ2v) is 10.1. The van der Waals surface area contributed by atoms with Gasteiger partial charge in [-0.2, -0.15) is 0 Å². The van der Waals surface area contributed by atoms with E-state index in [4.69, 9.17) is 5.73 Å². The predicted octanol–water partition coefficient (Wildman–Crippen LogP) is 5.26. The summed E-state index contributed by atoms with van der Waals surface area (Å²) in [6, 6.07) is 29.3. The van der Waals surface area contributed by atoms with Crippen LogP contribution in [0.3, 0.4) is 0 Å². The molecule has 4 rings (SSSR count). The third-order valence-corrected chi connectivity index (χ3v) is 7.64. The fourth-order valence-corrected chi connectivity index (χ4v) is 5.92. The summed E-state index contributed by atoms with van der Waals surface area (Å²) in [6.45, 7) is 5.28. The number of carbonyl (C=O) groups excluding carboxylic acids is 1. The molecule has 1 aliphatic heterocycles. The number of quaternary nitrogens is 1. The van der Waals surface area contributed by atoms with Gasteiger partial charge in [-0.15, -0.1) is 0 Å². The molecule has 1 aliphatic rings. The molecule has 1 amide bonds. The molecule has 3 heteroatoms. The molecule has 0 saturated carbocycles. The topological polar surface area (TPSA) is 43.1 Å². The summed E-state index contributed by atoms with van der Waals surface area (Å²) in [5.41, 5.74) is 10.1. The van der Waals surface area contributed by atoms with E-state index in [1.54, 1.807) is 0 Å². The lowest BCUT2D eigenvalue weighted by Crippen LogP contribution is -2.51. The number of primary amides is 1. The van der Waals surface area contributed by atoms with Crippen LogP contribution in [-0.4, -0.2) is 37.1 Å². The van der Waals surface area contributed by atoms with Gasteiger partial charge >= 0.3 is 0 Å². The first-order valence-electron chi connectivity index (χ1n) is 12.2. The van der Waals surface area contributed by atoms with Gasteiger partial charge in [0.15, 0.2) is 0 Å². The Morgan fingerprint density at radius 2 is 1.61 bits per heavy atom. The van der Waals surface area contributed by atoms with Crippen LogP contribution in [-0.2, 0) is 16.6 Å². The lowest BCUT2D eigenvalue weighted by Gasteiger charge is -2.38. The van der Waals surface area contributed by atoms with Crippen LogP contribution in [0.1, 0.15) is 41.5 Å². The van der Waals surface area contributed by atoms with E-state index < -0.39 is 5.41 Å². The quantitative estimate of drug-likeness (QED) is 0.357. The third kappa shape index (κ3) is 4.89. The van der Waals surface area contributed by atoms with E-state index in [1.807, 2.05) is 18.2 Å². The number of likely N-dealkylation sites (tertiary alicyclic amines) is 1. The Balaban J connectivity index is 1.56. The molecule has 33 heavy (non-hydrogen) atoms. The van der Waals surface area contributed by atoms with Crippen molar-refractivity contribution in [3.63, 3.8) is 0 Å². The lowest BCUT2D eigenvalue weighted by molar-refractivity contribution is -0.899. The molecule has 2 N–H and O–H groups in total. The second kappa shape index (κ2) is 9.93. The number of rotatable bonds is 9. The Hall–Kier alpha value is -2.91. The first kappa shape index (κ1) is 23.3. The first-order valence-corrected chi connectivity index (χ1v) is 12.2. The highest BCUT2D eigenvalue weighted by Gasteiger charge is 2.53. The van der Waals surface area contributed by atoms with E-state index in [9.17, 15) is 4.79 Å². The van der Waals surface area contributed by atoms with Crippen molar-refractivity contribution in [2.75, 3.05) is 26.7 Å². The third-order valence-electron chi connectivity index (χ3n) is 7.64. The van der Waals surface area contributed by atoms with Crippen molar-refractivity contribution >= 4 is 5.91 Å². The Labute approximate surface area is 198 Å². The van der Waals surface area contributed by atoms with Crippen molar-refractivity contribution in [2.24, 2.45) is 11.7 Å². The van der Waals surface area contributed by atoms with Gasteiger partial charge in [0.05, 0.1) is 26.7 Å². The van der Waals surface area contributed by atoms with Gasteiger partial charge in [-0.25, -0.2) is 0 Å². The standard InChI is InChI=1S/C30H36N2O/c1-24-12-11-18-27(22-24)30(29(31)33,26-16-7-4-8-17-26)28-19-21-32(2,23-28)20-10-9-15-25-13-5-3-6-14-25/h3-8,11-14,16-18,22,28H,9-10,15,19-21,23H2,1-2H3,(H-,31,33)/p+1. The molecule has 0 spiro atoms. The van der Waals surface area contributed by atoms with Crippen LogP contribution in [0.4, 0.5) is 0 Å². The number of amides is 1. The van der Waals surface area contributed by atoms with Crippen molar-refractivity contribution in [2.45, 2.75) is 38.0 Å². The largest absolute Gasteiger partial charge is 0.369 e. The monoisotopic (exact) mass is 441 g/mol. The summed E-state index contributed by atoms with van der Waals surface area (Å²) < 4.78 is 1.01. The van der Waals surface area contributed by atoms with E-state index in [-0.39, 0.29) is 11.8 Å². The summed E-state index contributed by atoms with van der Waals surface area (Å²) in [5.74, 6) is -0.0554. The average Bonchev–Trinajstić information content (AvgIpc) is 3.21. The number of hydrogen-bond acceptors (Lipinski definition) is 1. The number of nitrogens with zero attached hydrogens (tertiary/aromatic N) is 1. The highest BCUT2D eigenvalue weighted by Crippen LogP contribution is 2.45. The summed E-state index contributed by atoms with van der Waals surface area (Å²) in [5, 5.41) is 0. The maximum Gasteiger partial charge on any atom is 0.233 e. The minimum Gasteiger partial charge on any atom is -0.369 e. The molecule has 0 radical (unpaired) electrons. The van der Waals surface area contributed by atoms with Crippen LogP contribution in [0.2, 0.25) is 0 Å². The van der Waals surface area contributed by atoms with E-state index in [2.05, 4.69) is 80.7 Å². The molecular weight excluding hydrogens is 404 g/mol. The fraction of sp³-hybridized carbons (Fsp3) is 0.367. The summed E-state index contributed by atoms with van der Waals surface area (Å²) in [6.07, 6.45) is 4.52. The van der Waals surface area contributed by atoms with Gasteiger partial charge in [-0.1, -0.05) is 90.5 Å². The molecule has 0 aliphatic carbocycles. The van der Waals surface area contributed by atoms with Crippen LogP contribution in [0.5, 0.6) is 0 Å². The Morgan fingerprint density at radius 1 is 0.939 bits per heavy atom. The van der Waals surface area contributed by atoms with E-state index >= 15 is 0 Å². The average molecular weight is 442 g/mol. The van der Waals surface area contributed by atoms with Crippen molar-refractivity contribution in [3.8, 4) is 0 Å². The van der Waals surface area contributed by atoms with Crippen molar-refractivity contribution in [1.29, 1.82) is 0 Å². The highest BCUT2D eigenvalue weighted by molar-refractivity contribution is 5.91. The minimum absolute atomic E-state index is 0.179. The van der Waals surface area contributed by atoms with Crippen LogP contribution in [0, 0.1) is 12.8 Å². The van der Waals surface area contributed by atoms with Gasteiger partial charge < -0.3 is 10.2 Å². The SMILES string of the molecule is Cc1cccc(C(C(N)=O)(c2ccccc2)C2CC[N+](C)(CCCCc3ccccc3)C2)c1. The van der Waals surface area contributed by atoms with Crippen LogP contribution in [0.15, 0.2) is 84.9 Å². The van der Waals surface area contributed by atoms with Gasteiger partial charge in [0.25, 0.3) is 0 Å². The molecule has 3 aromatic carbocycles. The maximum atomic E-state index is 13.4. The number of aryl methyl sites for hydroxylation is 2. The van der Waals surface area contributed by atoms with Crippen LogP contribution >= 0.6 is 0 Å². The molecule has 172 valence electrons. The molecule has 1 saturated heterocycles. The number of nitrogens with two attached hydrogens (primary N) is 1. The summed E-state index contributed by atoms with van der Waals surface area (Å²) >= 11 is 0. The number of unbranched alkanes of at least 4 members (excludes halogenated alkanes) is 1. The Bertz CT molecular complexity index is 1060. The fourth-order valence-electron chi connectivity index (χ4n) is 5.92. The van der Waals surface area contributed by atoms with Gasteiger partial charge in [-0.3, -0.25) is 4.79 Å². The Kier molecular flexibility index (Phi) is 6.99. The number of benzene rings is 3. The zero-order chi connectivity index (χ0) is 23.3. The normalized spacial score (nSPS) is 22.1. The molecule has 3 unspecified atom stereocenters.